The van der Waals surface area contributed by atoms with Gasteiger partial charge in [0.2, 0.25) is 0 Å². The summed E-state index contributed by atoms with van der Waals surface area (Å²) >= 11 is 0. The van der Waals surface area contributed by atoms with Crippen LogP contribution in [0.2, 0.25) is 0 Å². The first-order chi connectivity index (χ1) is 9.19. The molecular weight excluding hydrogens is 239 g/mol. The third kappa shape index (κ3) is 4.29. The Balaban J connectivity index is 1.94. The summed E-state index contributed by atoms with van der Waals surface area (Å²) in [5.41, 5.74) is 0.811. The second-order valence-electron chi connectivity index (χ2n) is 5.78. The average Bonchev–Trinajstić information content (AvgIpc) is 2.38. The zero-order valence-electron chi connectivity index (χ0n) is 12.0. The number of benzene rings is 1. The predicted octanol–water partition coefficient (Wildman–Crippen LogP) is 3.04. The quantitative estimate of drug-likeness (QED) is 0.879. The van der Waals surface area contributed by atoms with Crippen LogP contribution in [-0.4, -0.2) is 30.6 Å². The minimum absolute atomic E-state index is 0.0845. The normalized spacial score (nSPS) is 24.6. The van der Waals surface area contributed by atoms with Crippen molar-refractivity contribution in [2.75, 3.05) is 19.6 Å². The van der Waals surface area contributed by atoms with Crippen LogP contribution in [0.4, 0.5) is 4.39 Å². The van der Waals surface area contributed by atoms with E-state index in [0.717, 1.165) is 38.2 Å². The maximum atomic E-state index is 13.7. The Bertz CT molecular complexity index is 394. The first-order valence-electron chi connectivity index (χ1n) is 7.38. The lowest BCUT2D eigenvalue weighted by Gasteiger charge is -2.37. The lowest BCUT2D eigenvalue weighted by Crippen LogP contribution is -2.48. The van der Waals surface area contributed by atoms with Gasteiger partial charge < -0.3 is 5.32 Å². The third-order valence-corrected chi connectivity index (χ3v) is 3.77. The summed E-state index contributed by atoms with van der Waals surface area (Å²) in [4.78, 5) is 2.37. The Morgan fingerprint density at radius 1 is 1.32 bits per heavy atom. The van der Waals surface area contributed by atoms with Crippen molar-refractivity contribution < 1.29 is 4.39 Å². The van der Waals surface area contributed by atoms with Crippen LogP contribution >= 0.6 is 0 Å². The number of nitrogens with one attached hydrogen (secondary N) is 1. The van der Waals surface area contributed by atoms with Gasteiger partial charge in [0.05, 0.1) is 0 Å². The first kappa shape index (κ1) is 14.5. The van der Waals surface area contributed by atoms with E-state index in [0.29, 0.717) is 12.0 Å². The zero-order valence-corrected chi connectivity index (χ0v) is 12.0. The van der Waals surface area contributed by atoms with Crippen molar-refractivity contribution in [3.8, 4) is 0 Å². The topological polar surface area (TPSA) is 15.3 Å². The van der Waals surface area contributed by atoms with Gasteiger partial charge in [0.25, 0.3) is 0 Å². The molecule has 19 heavy (non-hydrogen) atoms. The van der Waals surface area contributed by atoms with E-state index < -0.39 is 0 Å². The summed E-state index contributed by atoms with van der Waals surface area (Å²) in [5.74, 6) is 0.591. The van der Waals surface area contributed by atoms with Gasteiger partial charge >= 0.3 is 0 Å². The van der Waals surface area contributed by atoms with Gasteiger partial charge in [-0.05, 0) is 31.4 Å². The number of hydrogen-bond donors (Lipinski definition) is 1. The fraction of sp³-hybridized carbons (Fsp3) is 0.625. The zero-order chi connectivity index (χ0) is 13.7. The molecule has 1 aliphatic heterocycles. The maximum absolute atomic E-state index is 13.7. The highest BCUT2D eigenvalue weighted by molar-refractivity contribution is 5.17. The fourth-order valence-corrected chi connectivity index (χ4v) is 2.95. The molecule has 2 atom stereocenters. The molecule has 0 amide bonds. The van der Waals surface area contributed by atoms with Gasteiger partial charge in [-0.1, -0.05) is 32.0 Å². The molecule has 2 unspecified atom stereocenters. The van der Waals surface area contributed by atoms with Gasteiger partial charge in [0.1, 0.15) is 5.82 Å². The highest BCUT2D eigenvalue weighted by atomic mass is 19.1. The average molecular weight is 264 g/mol. The molecule has 0 aromatic heterocycles. The summed E-state index contributed by atoms with van der Waals surface area (Å²) in [7, 11) is 0. The first-order valence-corrected chi connectivity index (χ1v) is 7.38. The molecule has 106 valence electrons. The molecule has 0 bridgehead atoms. The molecular formula is C16H25FN2. The molecule has 2 rings (SSSR count). The Morgan fingerprint density at radius 3 is 2.84 bits per heavy atom. The van der Waals surface area contributed by atoms with Crippen molar-refractivity contribution in [3.05, 3.63) is 35.6 Å². The Kier molecular flexibility index (Phi) is 5.34. The second-order valence-corrected chi connectivity index (χ2v) is 5.78. The summed E-state index contributed by atoms with van der Waals surface area (Å²) in [6.45, 7) is 8.37. The van der Waals surface area contributed by atoms with Crippen LogP contribution in [0.1, 0.15) is 32.3 Å². The van der Waals surface area contributed by atoms with Crippen molar-refractivity contribution in [3.63, 3.8) is 0 Å². The van der Waals surface area contributed by atoms with E-state index in [2.05, 4.69) is 24.1 Å². The Morgan fingerprint density at radius 2 is 2.11 bits per heavy atom. The predicted molar refractivity (Wildman–Crippen MR) is 77.5 cm³/mol. The van der Waals surface area contributed by atoms with Gasteiger partial charge in [-0.15, -0.1) is 0 Å². The number of likely N-dealkylation sites (tertiary alicyclic amines) is 1. The summed E-state index contributed by atoms with van der Waals surface area (Å²) in [6.07, 6.45) is 2.39. The molecule has 1 saturated heterocycles. The summed E-state index contributed by atoms with van der Waals surface area (Å²) in [5, 5.41) is 3.60. The SMILES string of the molecule is CCCNC1CC(C)CN(Cc2ccccc2F)C1. The van der Waals surface area contributed by atoms with Crippen molar-refractivity contribution in [2.45, 2.75) is 39.3 Å². The lowest BCUT2D eigenvalue weighted by molar-refractivity contribution is 0.141. The number of halogens is 1. The molecule has 0 spiro atoms. The van der Waals surface area contributed by atoms with Crippen molar-refractivity contribution in [2.24, 2.45) is 5.92 Å². The molecule has 1 aromatic carbocycles. The Hall–Kier alpha value is -0.930. The highest BCUT2D eigenvalue weighted by Gasteiger charge is 2.24. The van der Waals surface area contributed by atoms with Crippen LogP contribution in [0.3, 0.4) is 0 Å². The molecule has 3 heteroatoms. The lowest BCUT2D eigenvalue weighted by atomic mass is 9.95. The van der Waals surface area contributed by atoms with Gasteiger partial charge in [-0.3, -0.25) is 4.90 Å². The summed E-state index contributed by atoms with van der Waals surface area (Å²) in [6, 6.07) is 7.66. The van der Waals surface area contributed by atoms with Crippen molar-refractivity contribution in [1.82, 2.24) is 10.2 Å². The van der Waals surface area contributed by atoms with E-state index in [9.17, 15) is 4.39 Å². The number of piperidine rings is 1. The second kappa shape index (κ2) is 7.01. The molecule has 1 fully saturated rings. The minimum atomic E-state index is -0.0845. The third-order valence-electron chi connectivity index (χ3n) is 3.77. The van der Waals surface area contributed by atoms with E-state index >= 15 is 0 Å². The van der Waals surface area contributed by atoms with Gasteiger partial charge in [0.15, 0.2) is 0 Å². The molecule has 1 aromatic rings. The van der Waals surface area contributed by atoms with E-state index in [1.807, 2.05) is 12.1 Å². The highest BCUT2D eigenvalue weighted by Crippen LogP contribution is 2.19. The molecule has 1 aliphatic rings. The smallest absolute Gasteiger partial charge is 0.127 e. The van der Waals surface area contributed by atoms with Crippen LogP contribution in [0.15, 0.2) is 24.3 Å². The van der Waals surface area contributed by atoms with E-state index in [1.165, 1.54) is 6.42 Å². The molecule has 0 saturated carbocycles. The van der Waals surface area contributed by atoms with E-state index in [1.54, 1.807) is 12.1 Å². The number of rotatable bonds is 5. The van der Waals surface area contributed by atoms with Crippen molar-refractivity contribution in [1.29, 1.82) is 0 Å². The van der Waals surface area contributed by atoms with Crippen LogP contribution < -0.4 is 5.32 Å². The largest absolute Gasteiger partial charge is 0.313 e. The Labute approximate surface area is 116 Å². The minimum Gasteiger partial charge on any atom is -0.313 e. The molecule has 1 N–H and O–H groups in total. The number of nitrogens with zero attached hydrogens (tertiary/aromatic N) is 1. The van der Waals surface area contributed by atoms with Crippen LogP contribution in [-0.2, 0) is 6.54 Å². The van der Waals surface area contributed by atoms with Crippen LogP contribution in [0, 0.1) is 11.7 Å². The maximum Gasteiger partial charge on any atom is 0.127 e. The summed E-state index contributed by atoms with van der Waals surface area (Å²) < 4.78 is 13.7. The fourth-order valence-electron chi connectivity index (χ4n) is 2.95. The van der Waals surface area contributed by atoms with Gasteiger partial charge in [0, 0.05) is 31.2 Å². The van der Waals surface area contributed by atoms with Crippen LogP contribution in [0.5, 0.6) is 0 Å². The van der Waals surface area contributed by atoms with Crippen molar-refractivity contribution >= 4 is 0 Å². The standard InChI is InChI=1S/C16H25FN2/c1-3-8-18-15-9-13(2)10-19(12-15)11-14-6-4-5-7-16(14)17/h4-7,13,15,18H,3,8-12H2,1-2H3. The molecule has 2 nitrogen and oxygen atoms in total. The van der Waals surface area contributed by atoms with Crippen LogP contribution in [0.25, 0.3) is 0 Å². The molecule has 0 aliphatic carbocycles. The molecule has 1 heterocycles. The molecule has 0 radical (unpaired) electrons. The van der Waals surface area contributed by atoms with E-state index in [-0.39, 0.29) is 5.82 Å². The van der Waals surface area contributed by atoms with Gasteiger partial charge in [-0.2, -0.15) is 0 Å². The van der Waals surface area contributed by atoms with E-state index in [4.69, 9.17) is 0 Å². The number of hydrogen-bond acceptors (Lipinski definition) is 2. The monoisotopic (exact) mass is 264 g/mol. The van der Waals surface area contributed by atoms with Gasteiger partial charge in [-0.25, -0.2) is 4.39 Å².